The number of amides is 1. The number of sulfonamides is 1. The molecule has 0 N–H and O–H groups in total. The van der Waals surface area contributed by atoms with Gasteiger partial charge in [-0.2, -0.15) is 4.31 Å². The van der Waals surface area contributed by atoms with Gasteiger partial charge in [0.2, 0.25) is 15.9 Å². The van der Waals surface area contributed by atoms with Gasteiger partial charge in [0, 0.05) is 30.7 Å². The van der Waals surface area contributed by atoms with Crippen LogP contribution in [0.25, 0.3) is 0 Å². The third-order valence-electron chi connectivity index (χ3n) is 6.15. The molecule has 2 aliphatic rings. The molecule has 0 spiro atoms. The van der Waals surface area contributed by atoms with E-state index >= 15 is 0 Å². The van der Waals surface area contributed by atoms with E-state index in [2.05, 4.69) is 0 Å². The Bertz CT molecular complexity index is 1000. The average Bonchev–Trinajstić information content (AvgIpc) is 3.00. The summed E-state index contributed by atoms with van der Waals surface area (Å²) in [5.41, 5.74) is 2.78. The molecule has 0 saturated heterocycles. The number of benzene rings is 2. The van der Waals surface area contributed by atoms with Crippen molar-refractivity contribution < 1.29 is 13.2 Å². The van der Waals surface area contributed by atoms with Crippen molar-refractivity contribution in [2.75, 3.05) is 11.4 Å². The van der Waals surface area contributed by atoms with E-state index in [9.17, 15) is 13.2 Å². The zero-order chi connectivity index (χ0) is 20.6. The molecule has 1 atom stereocenters. The Morgan fingerprint density at radius 3 is 2.48 bits per heavy atom. The number of anilines is 1. The van der Waals surface area contributed by atoms with Crippen molar-refractivity contribution in [3.8, 4) is 0 Å². The lowest BCUT2D eigenvalue weighted by molar-refractivity contribution is -0.125. The number of carbonyl (C=O) groups excluding carboxylic acids is 1. The van der Waals surface area contributed by atoms with E-state index in [1.807, 2.05) is 55.1 Å². The highest BCUT2D eigenvalue weighted by Crippen LogP contribution is 2.38. The first-order chi connectivity index (χ1) is 13.9. The summed E-state index contributed by atoms with van der Waals surface area (Å²) in [6.45, 7) is 4.64. The molecule has 1 saturated carbocycles. The van der Waals surface area contributed by atoms with Crippen molar-refractivity contribution >= 4 is 21.6 Å². The van der Waals surface area contributed by atoms with Crippen molar-refractivity contribution in [3.05, 3.63) is 59.7 Å². The van der Waals surface area contributed by atoms with Crippen LogP contribution in [-0.4, -0.2) is 31.2 Å². The van der Waals surface area contributed by atoms with Gasteiger partial charge in [0.1, 0.15) is 0 Å². The van der Waals surface area contributed by atoms with Gasteiger partial charge in [-0.3, -0.25) is 4.79 Å². The molecule has 0 unspecified atom stereocenters. The van der Waals surface area contributed by atoms with Crippen LogP contribution in [0, 0.1) is 5.92 Å². The standard InChI is InChI=1S/C23H28N2O3S/c1-3-24(16-18-8-5-4-6-9-18)29(27,28)21-12-13-22-20(15-21)14-17(2)25(22)23(26)19-10-7-11-19/h4-6,8-9,12-13,15,17,19H,3,7,10-11,14,16H2,1-2H3/t17-/m0/s1. The summed E-state index contributed by atoms with van der Waals surface area (Å²) < 4.78 is 28.0. The van der Waals surface area contributed by atoms with Crippen molar-refractivity contribution in [3.63, 3.8) is 0 Å². The first-order valence-electron chi connectivity index (χ1n) is 10.4. The number of hydrogen-bond acceptors (Lipinski definition) is 3. The molecular formula is C23H28N2O3S. The second kappa shape index (κ2) is 7.92. The summed E-state index contributed by atoms with van der Waals surface area (Å²) in [6, 6.07) is 14.9. The Balaban J connectivity index is 1.61. The van der Waals surface area contributed by atoms with Gasteiger partial charge in [-0.1, -0.05) is 43.7 Å². The Morgan fingerprint density at radius 1 is 1.14 bits per heavy atom. The molecule has 1 amide bonds. The predicted molar refractivity (Wildman–Crippen MR) is 114 cm³/mol. The summed E-state index contributed by atoms with van der Waals surface area (Å²) in [4.78, 5) is 15.0. The third kappa shape index (κ3) is 3.71. The topological polar surface area (TPSA) is 57.7 Å². The molecule has 4 rings (SSSR count). The van der Waals surface area contributed by atoms with Gasteiger partial charge in [0.25, 0.3) is 0 Å². The van der Waals surface area contributed by atoms with Crippen molar-refractivity contribution in [1.82, 2.24) is 4.31 Å². The van der Waals surface area contributed by atoms with E-state index < -0.39 is 10.0 Å². The number of nitrogens with zero attached hydrogens (tertiary/aromatic N) is 2. The maximum atomic E-state index is 13.3. The van der Waals surface area contributed by atoms with Gasteiger partial charge in [0.05, 0.1) is 4.90 Å². The molecule has 154 valence electrons. The first-order valence-corrected chi connectivity index (χ1v) is 11.9. The van der Waals surface area contributed by atoms with Gasteiger partial charge in [-0.25, -0.2) is 8.42 Å². The summed E-state index contributed by atoms with van der Waals surface area (Å²) in [5, 5.41) is 0. The molecule has 1 aliphatic heterocycles. The first kappa shape index (κ1) is 20.1. The largest absolute Gasteiger partial charge is 0.309 e. The smallest absolute Gasteiger partial charge is 0.243 e. The highest BCUT2D eigenvalue weighted by molar-refractivity contribution is 7.89. The number of hydrogen-bond donors (Lipinski definition) is 0. The minimum atomic E-state index is -3.61. The van der Waals surface area contributed by atoms with Gasteiger partial charge >= 0.3 is 0 Å². The average molecular weight is 413 g/mol. The van der Waals surface area contributed by atoms with Crippen molar-refractivity contribution in [1.29, 1.82) is 0 Å². The summed E-state index contributed by atoms with van der Waals surface area (Å²) in [6.07, 6.45) is 3.75. The van der Waals surface area contributed by atoms with Crippen LogP contribution in [0.4, 0.5) is 5.69 Å². The molecule has 1 aliphatic carbocycles. The summed E-state index contributed by atoms with van der Waals surface area (Å²) in [7, 11) is -3.61. The fraction of sp³-hybridized carbons (Fsp3) is 0.435. The maximum absolute atomic E-state index is 13.3. The Morgan fingerprint density at radius 2 is 1.86 bits per heavy atom. The van der Waals surface area contributed by atoms with E-state index in [-0.39, 0.29) is 17.9 Å². The van der Waals surface area contributed by atoms with Crippen LogP contribution in [0.2, 0.25) is 0 Å². The fourth-order valence-electron chi connectivity index (χ4n) is 4.26. The Hall–Kier alpha value is -2.18. The number of fused-ring (bicyclic) bond motifs is 1. The second-order valence-electron chi connectivity index (χ2n) is 8.10. The highest BCUT2D eigenvalue weighted by atomic mass is 32.2. The number of carbonyl (C=O) groups is 1. The molecule has 2 aromatic carbocycles. The van der Waals surface area contributed by atoms with Gasteiger partial charge in [0.15, 0.2) is 0 Å². The summed E-state index contributed by atoms with van der Waals surface area (Å²) in [5.74, 6) is 0.325. The summed E-state index contributed by atoms with van der Waals surface area (Å²) >= 11 is 0. The van der Waals surface area contributed by atoms with Crippen LogP contribution < -0.4 is 4.90 Å². The molecule has 0 bridgehead atoms. The predicted octanol–water partition coefficient (Wildman–Crippen LogP) is 3.98. The van der Waals surface area contributed by atoms with Gasteiger partial charge < -0.3 is 4.90 Å². The molecule has 0 aromatic heterocycles. The van der Waals surface area contributed by atoms with E-state index in [0.29, 0.717) is 24.4 Å². The third-order valence-corrected chi connectivity index (χ3v) is 8.07. The lowest BCUT2D eigenvalue weighted by Crippen LogP contribution is -2.42. The molecule has 2 aromatic rings. The van der Waals surface area contributed by atoms with Crippen LogP contribution in [0.3, 0.4) is 0 Å². The van der Waals surface area contributed by atoms with Crippen LogP contribution in [-0.2, 0) is 27.8 Å². The maximum Gasteiger partial charge on any atom is 0.243 e. The fourth-order valence-corrected chi connectivity index (χ4v) is 5.75. The van der Waals surface area contributed by atoms with Crippen LogP contribution in [0.1, 0.15) is 44.2 Å². The van der Waals surface area contributed by atoms with E-state index in [1.54, 1.807) is 12.1 Å². The molecule has 0 radical (unpaired) electrons. The van der Waals surface area contributed by atoms with Gasteiger partial charge in [-0.05, 0) is 55.5 Å². The lowest BCUT2D eigenvalue weighted by atomic mass is 9.84. The minimum Gasteiger partial charge on any atom is -0.309 e. The minimum absolute atomic E-state index is 0.0719. The van der Waals surface area contributed by atoms with E-state index in [0.717, 1.165) is 36.1 Å². The zero-order valence-corrected chi connectivity index (χ0v) is 17.9. The van der Waals surface area contributed by atoms with Crippen LogP contribution >= 0.6 is 0 Å². The van der Waals surface area contributed by atoms with Gasteiger partial charge in [-0.15, -0.1) is 0 Å². The zero-order valence-electron chi connectivity index (χ0n) is 17.0. The normalized spacial score (nSPS) is 19.3. The SMILES string of the molecule is CCN(Cc1ccccc1)S(=O)(=O)c1ccc2c(c1)C[C@H](C)N2C(=O)C1CCC1. The Labute approximate surface area is 173 Å². The highest BCUT2D eigenvalue weighted by Gasteiger charge is 2.37. The molecule has 29 heavy (non-hydrogen) atoms. The van der Waals surface area contributed by atoms with Crippen molar-refractivity contribution in [2.24, 2.45) is 5.92 Å². The Kier molecular flexibility index (Phi) is 5.49. The molecule has 5 nitrogen and oxygen atoms in total. The van der Waals surface area contributed by atoms with Crippen LogP contribution in [0.5, 0.6) is 0 Å². The molecule has 1 fully saturated rings. The van der Waals surface area contributed by atoms with E-state index in [1.165, 1.54) is 4.31 Å². The second-order valence-corrected chi connectivity index (χ2v) is 10.0. The van der Waals surface area contributed by atoms with E-state index in [4.69, 9.17) is 0 Å². The lowest BCUT2D eigenvalue weighted by Gasteiger charge is -2.32. The molecule has 6 heteroatoms. The van der Waals surface area contributed by atoms with Crippen LogP contribution in [0.15, 0.2) is 53.4 Å². The quantitative estimate of drug-likeness (QED) is 0.721. The van der Waals surface area contributed by atoms with Crippen molar-refractivity contribution in [2.45, 2.75) is 57.0 Å². The monoisotopic (exact) mass is 412 g/mol. The molecular weight excluding hydrogens is 384 g/mol. The number of rotatable bonds is 6. The molecule has 1 heterocycles.